The Balaban J connectivity index is 2.04. The topological polar surface area (TPSA) is 30.2 Å². The van der Waals surface area contributed by atoms with Crippen LogP contribution in [0.15, 0.2) is 28.7 Å². The summed E-state index contributed by atoms with van der Waals surface area (Å²) in [6.45, 7) is 2.04. The van der Waals surface area contributed by atoms with Gasteiger partial charge in [0.1, 0.15) is 0 Å². The molecule has 2 aromatic rings. The Morgan fingerprint density at radius 2 is 2.06 bits per heavy atom. The molecule has 0 amide bonds. The lowest BCUT2D eigenvalue weighted by molar-refractivity contribution is 0.0795. The minimum atomic E-state index is -0.250. The third-order valence-electron chi connectivity index (χ3n) is 3.98. The molecule has 1 aromatic heterocycles. The number of benzene rings is 1. The molecule has 1 aromatic carbocycles. The van der Waals surface area contributed by atoms with Gasteiger partial charge in [-0.1, -0.05) is 43.5 Å². The van der Waals surface area contributed by atoms with Crippen molar-refractivity contribution >= 4 is 28.4 Å². The van der Waals surface area contributed by atoms with Crippen molar-refractivity contribution in [2.24, 2.45) is 5.41 Å². The van der Waals surface area contributed by atoms with Crippen LogP contribution in [0.25, 0.3) is 11.0 Å². The lowest BCUT2D eigenvalue weighted by atomic mass is 9.83. The highest BCUT2D eigenvalue weighted by Crippen LogP contribution is 2.41. The smallest absolute Gasteiger partial charge is 0.203 e. The lowest BCUT2D eigenvalue weighted by Gasteiger charge is -2.19. The summed E-state index contributed by atoms with van der Waals surface area (Å²) in [7, 11) is 0. The largest absolute Gasteiger partial charge is 0.451 e. The van der Waals surface area contributed by atoms with E-state index in [2.05, 4.69) is 0 Å². The number of hydrogen-bond acceptors (Lipinski definition) is 2. The number of hydrogen-bond donors (Lipinski definition) is 0. The molecule has 18 heavy (non-hydrogen) atoms. The minimum Gasteiger partial charge on any atom is -0.451 e. The van der Waals surface area contributed by atoms with Crippen LogP contribution in [-0.4, -0.2) is 5.78 Å². The van der Waals surface area contributed by atoms with Gasteiger partial charge in [0.15, 0.2) is 11.3 Å². The highest BCUT2D eigenvalue weighted by atomic mass is 35.5. The number of fused-ring (bicyclic) bond motifs is 1. The van der Waals surface area contributed by atoms with Gasteiger partial charge in [0.05, 0.1) is 5.02 Å². The summed E-state index contributed by atoms with van der Waals surface area (Å²) in [5, 5.41) is 1.45. The van der Waals surface area contributed by atoms with Crippen LogP contribution in [0.2, 0.25) is 5.02 Å². The molecular formula is C15H15ClO2. The van der Waals surface area contributed by atoms with Gasteiger partial charge in [-0.15, -0.1) is 0 Å². The van der Waals surface area contributed by atoms with E-state index in [9.17, 15) is 4.79 Å². The van der Waals surface area contributed by atoms with Crippen molar-refractivity contribution in [3.8, 4) is 0 Å². The Morgan fingerprint density at radius 1 is 1.33 bits per heavy atom. The van der Waals surface area contributed by atoms with Gasteiger partial charge in [0.2, 0.25) is 5.78 Å². The number of carbonyl (C=O) groups is 1. The van der Waals surface area contributed by atoms with E-state index in [1.54, 1.807) is 6.07 Å². The molecular weight excluding hydrogens is 248 g/mol. The normalized spacial score (nSPS) is 18.3. The fourth-order valence-electron chi connectivity index (χ4n) is 2.82. The van der Waals surface area contributed by atoms with E-state index in [-0.39, 0.29) is 11.2 Å². The Kier molecular flexibility index (Phi) is 2.70. The predicted molar refractivity (Wildman–Crippen MR) is 72.1 cm³/mol. The van der Waals surface area contributed by atoms with Crippen LogP contribution in [-0.2, 0) is 0 Å². The summed E-state index contributed by atoms with van der Waals surface area (Å²) in [4.78, 5) is 12.5. The Hall–Kier alpha value is -1.28. The summed E-state index contributed by atoms with van der Waals surface area (Å²) in [6.07, 6.45) is 4.17. The van der Waals surface area contributed by atoms with E-state index in [0.29, 0.717) is 16.4 Å². The second kappa shape index (κ2) is 4.13. The first kappa shape index (κ1) is 11.8. The summed E-state index contributed by atoms with van der Waals surface area (Å²) < 4.78 is 5.66. The molecule has 0 saturated heterocycles. The molecule has 0 spiro atoms. The minimum absolute atomic E-state index is 0.118. The third-order valence-corrected chi connectivity index (χ3v) is 4.27. The summed E-state index contributed by atoms with van der Waals surface area (Å²) in [6, 6.07) is 7.37. The van der Waals surface area contributed by atoms with E-state index >= 15 is 0 Å². The Labute approximate surface area is 111 Å². The van der Waals surface area contributed by atoms with Crippen molar-refractivity contribution in [2.45, 2.75) is 32.6 Å². The Morgan fingerprint density at radius 3 is 2.72 bits per heavy atom. The molecule has 1 saturated carbocycles. The number of rotatable bonds is 2. The van der Waals surface area contributed by atoms with Crippen molar-refractivity contribution in [3.63, 3.8) is 0 Å². The first-order valence-electron chi connectivity index (χ1n) is 6.33. The molecule has 1 heterocycles. The highest BCUT2D eigenvalue weighted by molar-refractivity contribution is 6.34. The van der Waals surface area contributed by atoms with Crippen molar-refractivity contribution in [2.75, 3.05) is 0 Å². The van der Waals surface area contributed by atoms with Crippen LogP contribution in [0.4, 0.5) is 0 Å². The molecule has 0 unspecified atom stereocenters. The van der Waals surface area contributed by atoms with Gasteiger partial charge in [-0.3, -0.25) is 4.79 Å². The molecule has 2 nitrogen and oxygen atoms in total. The van der Waals surface area contributed by atoms with Gasteiger partial charge in [0, 0.05) is 10.8 Å². The van der Waals surface area contributed by atoms with Crippen LogP contribution in [0.5, 0.6) is 0 Å². The molecule has 3 rings (SSSR count). The SMILES string of the molecule is CC1(C(=O)c2cc3cccc(Cl)c3o2)CCCC1. The van der Waals surface area contributed by atoms with Gasteiger partial charge >= 0.3 is 0 Å². The van der Waals surface area contributed by atoms with Crippen molar-refractivity contribution in [3.05, 3.63) is 35.0 Å². The molecule has 1 fully saturated rings. The van der Waals surface area contributed by atoms with E-state index in [1.807, 2.05) is 25.1 Å². The zero-order valence-electron chi connectivity index (χ0n) is 10.3. The van der Waals surface area contributed by atoms with Gasteiger partial charge in [-0.25, -0.2) is 0 Å². The molecule has 0 bridgehead atoms. The van der Waals surface area contributed by atoms with Crippen LogP contribution < -0.4 is 0 Å². The standard InChI is InChI=1S/C15H15ClO2/c1-15(7-2-3-8-15)14(17)12-9-10-5-4-6-11(16)13(10)18-12/h4-6,9H,2-3,7-8H2,1H3. The maximum Gasteiger partial charge on any atom is 0.203 e. The van der Waals surface area contributed by atoms with Gasteiger partial charge in [-0.2, -0.15) is 0 Å². The first-order chi connectivity index (χ1) is 8.60. The van der Waals surface area contributed by atoms with Crippen molar-refractivity contribution in [1.29, 1.82) is 0 Å². The van der Waals surface area contributed by atoms with E-state index in [0.717, 1.165) is 31.1 Å². The number of para-hydroxylation sites is 1. The molecule has 3 heteroatoms. The fourth-order valence-corrected chi connectivity index (χ4v) is 3.04. The van der Waals surface area contributed by atoms with Gasteiger partial charge < -0.3 is 4.42 Å². The van der Waals surface area contributed by atoms with Crippen LogP contribution in [0, 0.1) is 5.41 Å². The number of halogens is 1. The quantitative estimate of drug-likeness (QED) is 0.724. The second-order valence-corrected chi connectivity index (χ2v) is 5.77. The molecule has 0 aliphatic heterocycles. The summed E-state index contributed by atoms with van der Waals surface area (Å²) in [5.74, 6) is 0.565. The average molecular weight is 263 g/mol. The second-order valence-electron chi connectivity index (χ2n) is 5.37. The van der Waals surface area contributed by atoms with E-state index in [1.165, 1.54) is 0 Å². The predicted octanol–water partition coefficient (Wildman–Crippen LogP) is 4.85. The maximum atomic E-state index is 12.5. The fraction of sp³-hybridized carbons (Fsp3) is 0.400. The number of Topliss-reactive ketones (excluding diaryl/α,β-unsaturated/α-hetero) is 1. The lowest BCUT2D eigenvalue weighted by Crippen LogP contribution is -2.23. The molecule has 0 atom stereocenters. The van der Waals surface area contributed by atoms with Crippen molar-refractivity contribution in [1.82, 2.24) is 0 Å². The van der Waals surface area contributed by atoms with Crippen LogP contribution in [0.3, 0.4) is 0 Å². The first-order valence-corrected chi connectivity index (χ1v) is 6.71. The average Bonchev–Trinajstić information content (AvgIpc) is 2.96. The molecule has 1 aliphatic rings. The molecule has 0 radical (unpaired) electrons. The van der Waals surface area contributed by atoms with Gasteiger partial charge in [-0.05, 0) is 25.0 Å². The highest BCUT2D eigenvalue weighted by Gasteiger charge is 2.38. The zero-order valence-corrected chi connectivity index (χ0v) is 11.1. The maximum absolute atomic E-state index is 12.5. The van der Waals surface area contributed by atoms with Crippen molar-refractivity contribution < 1.29 is 9.21 Å². The number of furan rings is 1. The molecule has 1 aliphatic carbocycles. The monoisotopic (exact) mass is 262 g/mol. The summed E-state index contributed by atoms with van der Waals surface area (Å²) in [5.41, 5.74) is 0.365. The number of ketones is 1. The van der Waals surface area contributed by atoms with Crippen LogP contribution >= 0.6 is 11.6 Å². The van der Waals surface area contributed by atoms with E-state index < -0.39 is 0 Å². The molecule has 94 valence electrons. The Bertz CT molecular complexity index is 606. The van der Waals surface area contributed by atoms with Crippen LogP contribution in [0.1, 0.15) is 43.2 Å². The molecule has 0 N–H and O–H groups in total. The third kappa shape index (κ3) is 1.76. The zero-order chi connectivity index (χ0) is 12.8. The number of carbonyl (C=O) groups excluding carboxylic acids is 1. The summed E-state index contributed by atoms with van der Waals surface area (Å²) >= 11 is 6.06. The van der Waals surface area contributed by atoms with Gasteiger partial charge in [0.25, 0.3) is 0 Å². The van der Waals surface area contributed by atoms with E-state index in [4.69, 9.17) is 16.0 Å².